The molecule has 220 valence electrons. The van der Waals surface area contributed by atoms with Crippen LogP contribution in [0.25, 0.3) is 15.2 Å². The van der Waals surface area contributed by atoms with Crippen molar-refractivity contribution in [2.24, 2.45) is 11.7 Å². The van der Waals surface area contributed by atoms with Gasteiger partial charge in [0.2, 0.25) is 0 Å². The van der Waals surface area contributed by atoms with Crippen molar-refractivity contribution < 1.29 is 18.7 Å². The number of fused-ring (bicyclic) bond motifs is 1. The zero-order valence-electron chi connectivity index (χ0n) is 24.0. The Morgan fingerprint density at radius 3 is 2.49 bits per heavy atom. The van der Waals surface area contributed by atoms with Gasteiger partial charge in [0.15, 0.2) is 5.78 Å². The minimum Gasteiger partial charge on any atom is -0.496 e. The summed E-state index contributed by atoms with van der Waals surface area (Å²) >= 11 is 1.17. The average Bonchev–Trinajstić information content (AvgIpc) is 3.56. The fourth-order valence-electron chi connectivity index (χ4n) is 4.82. The van der Waals surface area contributed by atoms with Gasteiger partial charge < -0.3 is 15.2 Å². The molecule has 0 aliphatic rings. The van der Waals surface area contributed by atoms with Crippen LogP contribution in [0.4, 0.5) is 4.39 Å². The van der Waals surface area contributed by atoms with E-state index in [1.165, 1.54) is 58.4 Å². The Morgan fingerprint density at radius 2 is 1.88 bits per heavy atom. The Balaban J connectivity index is 2.03. The number of carbonyl (C=O) groups is 1. The number of carbonyl (C=O) groups excluding carboxylic acids is 1. The summed E-state index contributed by atoms with van der Waals surface area (Å²) in [5, 5.41) is 9.22. The zero-order valence-corrected chi connectivity index (χ0v) is 24.8. The van der Waals surface area contributed by atoms with E-state index in [9.17, 15) is 18.8 Å². The van der Waals surface area contributed by atoms with Gasteiger partial charge in [0.1, 0.15) is 33.0 Å². The maximum absolute atomic E-state index is 14.4. The van der Waals surface area contributed by atoms with E-state index >= 15 is 0 Å². The molecule has 0 saturated carbocycles. The van der Waals surface area contributed by atoms with Crippen molar-refractivity contribution in [3.8, 4) is 10.8 Å². The van der Waals surface area contributed by atoms with Gasteiger partial charge in [0.25, 0.3) is 5.56 Å². The van der Waals surface area contributed by atoms with E-state index < -0.39 is 28.7 Å². The molecule has 1 atom stereocenters. The fraction of sp³-hybridized carbons (Fsp3) is 0.464. The summed E-state index contributed by atoms with van der Waals surface area (Å²) in [4.78, 5) is 43.4. The number of hydrogen-bond acceptors (Lipinski definition) is 9. The van der Waals surface area contributed by atoms with Crippen LogP contribution in [-0.2, 0) is 21.6 Å². The molecule has 0 amide bonds. The molecule has 4 rings (SSSR count). The second kappa shape index (κ2) is 12.0. The van der Waals surface area contributed by atoms with E-state index in [0.717, 1.165) is 4.57 Å². The highest BCUT2D eigenvalue weighted by atomic mass is 32.1. The van der Waals surface area contributed by atoms with Crippen LogP contribution in [-0.4, -0.2) is 50.2 Å². The normalized spacial score (nSPS) is 12.8. The van der Waals surface area contributed by atoms with Crippen LogP contribution in [0, 0.1) is 18.7 Å². The third kappa shape index (κ3) is 5.74. The molecule has 41 heavy (non-hydrogen) atoms. The topological polar surface area (TPSA) is 136 Å². The number of ether oxygens (including phenoxy) is 2. The van der Waals surface area contributed by atoms with Crippen molar-refractivity contribution in [1.82, 2.24) is 24.1 Å². The molecule has 11 nitrogen and oxygen atoms in total. The number of aryl methyl sites for hydroxylation is 1. The number of nitrogens with zero attached hydrogens (tertiary/aromatic N) is 5. The molecule has 0 radical (unpaired) electrons. The predicted octanol–water partition coefficient (Wildman–Crippen LogP) is 3.33. The summed E-state index contributed by atoms with van der Waals surface area (Å²) in [5.74, 6) is -0.369. The molecule has 0 aliphatic carbocycles. The van der Waals surface area contributed by atoms with E-state index in [4.69, 9.17) is 15.2 Å². The number of ketones is 1. The van der Waals surface area contributed by atoms with Crippen LogP contribution in [0.2, 0.25) is 0 Å². The molecule has 1 aromatic carbocycles. The lowest BCUT2D eigenvalue weighted by Crippen LogP contribution is -2.53. The standard InChI is InChI=1S/C28H35FN6O5S/c1-16(2)13-22(36)28(4,5)34-24(37)23-17(3)25(35-31-10-11-32-35)41-26(23)33(27(34)38)15-21(40-12-9-30)19-14-18(29)7-8-20(19)39-6/h7-8,10-11,14,16,21H,9,12-13,15,30H2,1-6H3/t21-/m0/s1. The minimum atomic E-state index is -1.45. The van der Waals surface area contributed by atoms with Gasteiger partial charge >= 0.3 is 5.69 Å². The van der Waals surface area contributed by atoms with Crippen molar-refractivity contribution in [2.75, 3.05) is 20.3 Å². The molecule has 0 unspecified atom stereocenters. The lowest BCUT2D eigenvalue weighted by molar-refractivity contribution is -0.127. The molecule has 0 bridgehead atoms. The van der Waals surface area contributed by atoms with Crippen molar-refractivity contribution in [3.63, 3.8) is 0 Å². The largest absolute Gasteiger partial charge is 0.496 e. The predicted molar refractivity (Wildman–Crippen MR) is 154 cm³/mol. The van der Waals surface area contributed by atoms with Crippen LogP contribution in [0.5, 0.6) is 5.75 Å². The second-order valence-corrected chi connectivity index (χ2v) is 11.7. The van der Waals surface area contributed by atoms with Gasteiger partial charge in [-0.1, -0.05) is 25.2 Å². The number of benzene rings is 1. The van der Waals surface area contributed by atoms with Gasteiger partial charge in [-0.2, -0.15) is 10.2 Å². The molecular formula is C28H35FN6O5S. The first-order valence-corrected chi connectivity index (χ1v) is 14.1. The molecule has 0 spiro atoms. The third-order valence-corrected chi connectivity index (χ3v) is 8.23. The van der Waals surface area contributed by atoms with E-state index in [1.54, 1.807) is 20.8 Å². The summed E-state index contributed by atoms with van der Waals surface area (Å²) < 4.78 is 28.3. The number of aromatic nitrogens is 5. The van der Waals surface area contributed by atoms with Crippen molar-refractivity contribution in [3.05, 3.63) is 68.4 Å². The average molecular weight is 587 g/mol. The SMILES string of the molecule is COc1ccc(F)cc1[C@H](Cn1c(=O)n(C(C)(C)C(=O)CC(C)C)c(=O)c2c(C)c(-n3nccn3)sc21)OCCN. The molecule has 3 aromatic heterocycles. The number of halogens is 1. The van der Waals surface area contributed by atoms with Gasteiger partial charge in [-0.15, -0.1) is 4.80 Å². The van der Waals surface area contributed by atoms with Crippen molar-refractivity contribution >= 4 is 27.3 Å². The maximum atomic E-state index is 14.4. The van der Waals surface area contributed by atoms with E-state index in [-0.39, 0.29) is 43.2 Å². The number of Topliss-reactive ketones (excluding diaryl/α,β-unsaturated/α-hetero) is 1. The quantitative estimate of drug-likeness (QED) is 0.267. The molecule has 0 fully saturated rings. The van der Waals surface area contributed by atoms with Gasteiger partial charge in [0.05, 0.1) is 38.0 Å². The monoisotopic (exact) mass is 586 g/mol. The molecule has 13 heteroatoms. The van der Waals surface area contributed by atoms with Gasteiger partial charge in [-0.05, 0) is 44.9 Å². The maximum Gasteiger partial charge on any atom is 0.333 e. The van der Waals surface area contributed by atoms with Crippen LogP contribution >= 0.6 is 11.3 Å². The first-order chi connectivity index (χ1) is 19.4. The van der Waals surface area contributed by atoms with Crippen LogP contribution in [0.15, 0.2) is 40.2 Å². The molecule has 0 aliphatic heterocycles. The highest BCUT2D eigenvalue weighted by Gasteiger charge is 2.36. The Labute approximate surface area is 240 Å². The summed E-state index contributed by atoms with van der Waals surface area (Å²) in [6.45, 7) is 8.88. The number of rotatable bonds is 12. The number of thiophene rings is 1. The highest BCUT2D eigenvalue weighted by molar-refractivity contribution is 7.21. The Kier molecular flexibility index (Phi) is 8.90. The Hall–Kier alpha value is -3.68. The third-order valence-electron chi connectivity index (χ3n) is 6.95. The smallest absolute Gasteiger partial charge is 0.333 e. The first kappa shape index (κ1) is 30.3. The van der Waals surface area contributed by atoms with Gasteiger partial charge in [-0.25, -0.2) is 13.8 Å². The minimum absolute atomic E-state index is 0.0262. The molecule has 0 saturated heterocycles. The Morgan fingerprint density at radius 1 is 1.20 bits per heavy atom. The van der Waals surface area contributed by atoms with Gasteiger partial charge in [-0.3, -0.25) is 14.2 Å². The zero-order chi connectivity index (χ0) is 30.1. The molecular weight excluding hydrogens is 551 g/mol. The van der Waals surface area contributed by atoms with Crippen molar-refractivity contribution in [1.29, 1.82) is 0 Å². The summed E-state index contributed by atoms with van der Waals surface area (Å²) in [6.07, 6.45) is 2.33. The van der Waals surface area contributed by atoms with Crippen LogP contribution in [0.3, 0.4) is 0 Å². The number of nitrogens with two attached hydrogens (primary N) is 1. The van der Waals surface area contributed by atoms with Gasteiger partial charge in [0, 0.05) is 24.1 Å². The number of hydrogen-bond donors (Lipinski definition) is 1. The van der Waals surface area contributed by atoms with E-state index in [2.05, 4.69) is 10.2 Å². The van der Waals surface area contributed by atoms with E-state index in [0.29, 0.717) is 26.7 Å². The second-order valence-electron chi connectivity index (χ2n) is 10.7. The Bertz CT molecular complexity index is 1670. The molecule has 2 N–H and O–H groups in total. The summed E-state index contributed by atoms with van der Waals surface area (Å²) in [7, 11) is 1.45. The van der Waals surface area contributed by atoms with Crippen molar-refractivity contribution in [2.45, 2.75) is 59.2 Å². The fourth-order valence-corrected chi connectivity index (χ4v) is 6.04. The van der Waals surface area contributed by atoms with Crippen LogP contribution < -0.4 is 21.7 Å². The summed E-state index contributed by atoms with van der Waals surface area (Å²) in [6, 6.07) is 4.03. The summed E-state index contributed by atoms with van der Waals surface area (Å²) in [5.41, 5.74) is 3.93. The van der Waals surface area contributed by atoms with E-state index in [1.807, 2.05) is 13.8 Å². The molecule has 3 heterocycles. The number of methoxy groups -OCH3 is 1. The first-order valence-electron chi connectivity index (χ1n) is 13.3. The lowest BCUT2D eigenvalue weighted by atomic mass is 9.91. The van der Waals surface area contributed by atoms with Crippen LogP contribution in [0.1, 0.15) is 51.3 Å². The highest BCUT2D eigenvalue weighted by Crippen LogP contribution is 2.34. The lowest BCUT2D eigenvalue weighted by Gasteiger charge is -2.28. The molecule has 4 aromatic rings.